The van der Waals surface area contributed by atoms with Crippen LogP contribution in [0.3, 0.4) is 0 Å². The van der Waals surface area contributed by atoms with E-state index < -0.39 is 0 Å². The van der Waals surface area contributed by atoms with Gasteiger partial charge in [0, 0.05) is 38.4 Å². The van der Waals surface area contributed by atoms with Crippen molar-refractivity contribution in [3.63, 3.8) is 0 Å². The van der Waals surface area contributed by atoms with Crippen LogP contribution in [0.4, 0.5) is 0 Å². The topological polar surface area (TPSA) is 74.8 Å². The quantitative estimate of drug-likeness (QED) is 0.851. The van der Waals surface area contributed by atoms with Crippen LogP contribution in [0.25, 0.3) is 0 Å². The van der Waals surface area contributed by atoms with Gasteiger partial charge in [0.2, 0.25) is 11.8 Å². The van der Waals surface area contributed by atoms with Crippen LogP contribution < -0.4 is 10.1 Å². The molecule has 2 heterocycles. The van der Waals surface area contributed by atoms with Crippen LogP contribution in [0.5, 0.6) is 5.88 Å². The Kier molecular flexibility index (Phi) is 4.99. The third-order valence-electron chi connectivity index (χ3n) is 4.65. The molecule has 0 spiro atoms. The lowest BCUT2D eigenvalue weighted by Crippen LogP contribution is -2.55. The van der Waals surface area contributed by atoms with Gasteiger partial charge in [-0.2, -0.15) is 0 Å². The Bertz CT molecular complexity index is 610. The molecule has 2 amide bonds. The molecule has 0 bridgehead atoms. The average molecular weight is 332 g/mol. The lowest BCUT2D eigenvalue weighted by molar-refractivity contribution is -0.126. The highest BCUT2D eigenvalue weighted by molar-refractivity contribution is 5.96. The Morgan fingerprint density at radius 1 is 1.29 bits per heavy atom. The molecule has 1 aliphatic carbocycles. The van der Waals surface area contributed by atoms with Gasteiger partial charge in [-0.15, -0.1) is 0 Å². The highest BCUT2D eigenvalue weighted by Crippen LogP contribution is 2.20. The number of amides is 2. The fourth-order valence-electron chi connectivity index (χ4n) is 2.91. The molecule has 1 aromatic heterocycles. The maximum absolute atomic E-state index is 12.7. The predicted molar refractivity (Wildman–Crippen MR) is 88.9 cm³/mol. The van der Waals surface area contributed by atoms with Crippen LogP contribution in [-0.4, -0.2) is 72.0 Å². The predicted octanol–water partition coefficient (Wildman–Crippen LogP) is 0.515. The Morgan fingerprint density at radius 2 is 2.00 bits per heavy atom. The van der Waals surface area contributed by atoms with E-state index in [2.05, 4.69) is 15.2 Å². The summed E-state index contributed by atoms with van der Waals surface area (Å²) < 4.78 is 5.17. The van der Waals surface area contributed by atoms with Gasteiger partial charge >= 0.3 is 0 Å². The van der Waals surface area contributed by atoms with Crippen molar-refractivity contribution in [2.75, 3.05) is 33.3 Å². The number of nitrogens with zero attached hydrogens (tertiary/aromatic N) is 3. The van der Waals surface area contributed by atoms with E-state index in [4.69, 9.17) is 4.74 Å². The van der Waals surface area contributed by atoms with E-state index in [-0.39, 0.29) is 17.9 Å². The molecule has 7 nitrogen and oxygen atoms in total. The van der Waals surface area contributed by atoms with Gasteiger partial charge in [-0.25, -0.2) is 4.98 Å². The molecular weight excluding hydrogens is 308 g/mol. The zero-order valence-corrected chi connectivity index (χ0v) is 14.2. The number of piperazine rings is 1. The number of hydrogen-bond acceptors (Lipinski definition) is 5. The van der Waals surface area contributed by atoms with Crippen molar-refractivity contribution in [1.29, 1.82) is 0 Å². The number of hydrogen-bond donors (Lipinski definition) is 1. The van der Waals surface area contributed by atoms with E-state index in [0.717, 1.165) is 12.8 Å². The molecule has 130 valence electrons. The highest BCUT2D eigenvalue weighted by Gasteiger charge is 2.31. The maximum atomic E-state index is 12.7. The lowest BCUT2D eigenvalue weighted by atomic mass is 10.2. The maximum Gasteiger partial charge on any atom is 0.259 e. The second kappa shape index (κ2) is 7.17. The number of carbonyl (C=O) groups excluding carboxylic acids is 2. The van der Waals surface area contributed by atoms with Crippen LogP contribution in [0, 0.1) is 0 Å². The molecule has 0 aromatic carbocycles. The van der Waals surface area contributed by atoms with Crippen molar-refractivity contribution in [1.82, 2.24) is 20.1 Å². The first kappa shape index (κ1) is 16.7. The van der Waals surface area contributed by atoms with Gasteiger partial charge in [0.1, 0.15) is 5.56 Å². The molecule has 1 saturated carbocycles. The van der Waals surface area contributed by atoms with Crippen molar-refractivity contribution in [3.8, 4) is 5.88 Å². The van der Waals surface area contributed by atoms with E-state index in [9.17, 15) is 9.59 Å². The third kappa shape index (κ3) is 3.67. The summed E-state index contributed by atoms with van der Waals surface area (Å²) in [6.45, 7) is 4.50. The van der Waals surface area contributed by atoms with Crippen molar-refractivity contribution < 1.29 is 14.3 Å². The average Bonchev–Trinajstić information content (AvgIpc) is 3.44. The van der Waals surface area contributed by atoms with Gasteiger partial charge in [0.05, 0.1) is 13.2 Å². The van der Waals surface area contributed by atoms with E-state index in [1.807, 2.05) is 6.92 Å². The molecule has 24 heavy (non-hydrogen) atoms. The van der Waals surface area contributed by atoms with Crippen LogP contribution in [0.1, 0.15) is 30.1 Å². The second-order valence-electron chi connectivity index (χ2n) is 6.35. The van der Waals surface area contributed by atoms with Gasteiger partial charge in [-0.05, 0) is 31.9 Å². The first-order chi connectivity index (χ1) is 11.6. The van der Waals surface area contributed by atoms with Gasteiger partial charge in [0.15, 0.2) is 0 Å². The minimum Gasteiger partial charge on any atom is -0.480 e. The molecule has 2 aliphatic rings. The molecule has 1 N–H and O–H groups in total. The highest BCUT2D eigenvalue weighted by atomic mass is 16.5. The molecule has 3 rings (SSSR count). The molecular formula is C17H24N4O3. The summed E-state index contributed by atoms with van der Waals surface area (Å²) in [4.78, 5) is 32.8. The molecule has 2 fully saturated rings. The normalized spacial score (nSPS) is 19.7. The van der Waals surface area contributed by atoms with Crippen molar-refractivity contribution in [3.05, 3.63) is 23.9 Å². The van der Waals surface area contributed by atoms with Crippen LogP contribution in [0.15, 0.2) is 18.3 Å². The van der Waals surface area contributed by atoms with E-state index in [1.54, 1.807) is 23.2 Å². The zero-order valence-electron chi connectivity index (χ0n) is 14.2. The SMILES string of the molecule is COc1ncccc1C(=O)N1CCN(C(C)C(=O)NC2CC2)CC1. The molecule has 1 atom stereocenters. The van der Waals surface area contributed by atoms with Crippen molar-refractivity contribution in [2.45, 2.75) is 31.8 Å². The molecule has 1 aromatic rings. The fraction of sp³-hybridized carbons (Fsp3) is 0.588. The molecule has 0 radical (unpaired) electrons. The number of methoxy groups -OCH3 is 1. The number of nitrogens with one attached hydrogen (secondary N) is 1. The molecule has 7 heteroatoms. The fourth-order valence-corrected chi connectivity index (χ4v) is 2.91. The number of pyridine rings is 1. The summed E-state index contributed by atoms with van der Waals surface area (Å²) in [5.41, 5.74) is 0.480. The smallest absolute Gasteiger partial charge is 0.259 e. The summed E-state index contributed by atoms with van der Waals surface area (Å²) >= 11 is 0. The first-order valence-electron chi connectivity index (χ1n) is 8.43. The van der Waals surface area contributed by atoms with Gasteiger partial charge in [-0.1, -0.05) is 0 Å². The Hall–Kier alpha value is -2.15. The van der Waals surface area contributed by atoms with Gasteiger partial charge in [0.25, 0.3) is 5.91 Å². The van der Waals surface area contributed by atoms with Crippen LogP contribution in [0.2, 0.25) is 0 Å². The Labute approximate surface area is 142 Å². The number of rotatable bonds is 5. The monoisotopic (exact) mass is 332 g/mol. The minimum atomic E-state index is -0.157. The Morgan fingerprint density at radius 3 is 2.62 bits per heavy atom. The van der Waals surface area contributed by atoms with Gasteiger partial charge in [-0.3, -0.25) is 14.5 Å². The van der Waals surface area contributed by atoms with Crippen molar-refractivity contribution in [2.24, 2.45) is 0 Å². The Balaban J connectivity index is 1.56. The number of aromatic nitrogens is 1. The number of ether oxygens (including phenoxy) is 1. The molecule has 1 saturated heterocycles. The van der Waals surface area contributed by atoms with E-state index in [0.29, 0.717) is 43.7 Å². The van der Waals surface area contributed by atoms with Crippen LogP contribution >= 0.6 is 0 Å². The summed E-state index contributed by atoms with van der Waals surface area (Å²) in [6.07, 6.45) is 3.79. The van der Waals surface area contributed by atoms with E-state index >= 15 is 0 Å². The largest absolute Gasteiger partial charge is 0.480 e. The zero-order chi connectivity index (χ0) is 17.1. The minimum absolute atomic E-state index is 0.0744. The second-order valence-corrected chi connectivity index (χ2v) is 6.35. The molecule has 1 aliphatic heterocycles. The first-order valence-corrected chi connectivity index (χ1v) is 8.43. The molecule has 1 unspecified atom stereocenters. The van der Waals surface area contributed by atoms with Crippen LogP contribution in [-0.2, 0) is 4.79 Å². The standard InChI is InChI=1S/C17H24N4O3/c1-12(15(22)19-13-5-6-13)20-8-10-21(11-9-20)17(23)14-4-3-7-18-16(14)24-2/h3-4,7,12-13H,5-6,8-11H2,1-2H3,(H,19,22). The summed E-state index contributed by atoms with van der Waals surface area (Å²) in [5, 5.41) is 3.04. The van der Waals surface area contributed by atoms with E-state index in [1.165, 1.54) is 7.11 Å². The lowest BCUT2D eigenvalue weighted by Gasteiger charge is -2.37. The van der Waals surface area contributed by atoms with Crippen molar-refractivity contribution >= 4 is 11.8 Å². The summed E-state index contributed by atoms with van der Waals surface area (Å²) in [7, 11) is 1.51. The number of carbonyl (C=O) groups is 2. The van der Waals surface area contributed by atoms with Gasteiger partial charge < -0.3 is 15.0 Å². The third-order valence-corrected chi connectivity index (χ3v) is 4.65. The summed E-state index contributed by atoms with van der Waals surface area (Å²) in [6, 6.07) is 3.68. The summed E-state index contributed by atoms with van der Waals surface area (Å²) in [5.74, 6) is 0.364.